The van der Waals surface area contributed by atoms with Gasteiger partial charge in [-0.15, -0.1) is 0 Å². The number of rotatable bonds is 12. The molecule has 0 unspecified atom stereocenters. The second-order valence-electron chi connectivity index (χ2n) is 26.4. The zero-order chi connectivity index (χ0) is 60.0. The number of hydrogen-bond acceptors (Lipinski definition) is 0. The Bertz CT molecular complexity index is 4330. The summed E-state index contributed by atoms with van der Waals surface area (Å²) in [6.07, 6.45) is 40.4. The summed E-state index contributed by atoms with van der Waals surface area (Å²) in [6, 6.07) is 83.7. The Morgan fingerprint density at radius 3 is 0.756 bits per heavy atom. The Morgan fingerprint density at radius 2 is 0.456 bits per heavy atom. The molecule has 90 heavy (non-hydrogen) atoms. The van der Waals surface area contributed by atoms with Gasteiger partial charge in [-0.1, -0.05) is 291 Å². The molecule has 11 aromatic carbocycles. The first-order valence-electron chi connectivity index (χ1n) is 34.2. The summed E-state index contributed by atoms with van der Waals surface area (Å²) in [6.45, 7) is 0. The molecule has 0 spiro atoms. The van der Waals surface area contributed by atoms with Gasteiger partial charge in [-0.05, 0) is 247 Å². The van der Waals surface area contributed by atoms with Gasteiger partial charge >= 0.3 is 0 Å². The molecule has 0 amide bonds. The van der Waals surface area contributed by atoms with Crippen molar-refractivity contribution >= 4 is 90.7 Å². The van der Waals surface area contributed by atoms with E-state index < -0.39 is 0 Å². The van der Waals surface area contributed by atoms with Crippen molar-refractivity contribution in [3.05, 3.63) is 296 Å². The molecule has 4 aliphatic rings. The average Bonchev–Trinajstić information content (AvgIpc) is 0.764. The monoisotopic (exact) mass is 1160 g/mol. The summed E-state index contributed by atoms with van der Waals surface area (Å²) >= 11 is 0. The molecule has 0 aromatic heterocycles. The number of benzene rings is 11. The van der Waals surface area contributed by atoms with Crippen molar-refractivity contribution in [1.82, 2.24) is 0 Å². The van der Waals surface area contributed by atoms with Crippen molar-refractivity contribution in [1.29, 1.82) is 0 Å². The second kappa shape index (κ2) is 26.5. The molecule has 4 fully saturated rings. The van der Waals surface area contributed by atoms with Crippen LogP contribution in [0, 0.1) is 0 Å². The molecule has 442 valence electrons. The molecule has 0 atom stereocenters. The van der Waals surface area contributed by atoms with E-state index in [-0.39, 0.29) is 0 Å². The van der Waals surface area contributed by atoms with Crippen LogP contribution in [0.25, 0.3) is 113 Å². The molecule has 0 aliphatic heterocycles. The maximum absolute atomic E-state index is 2.51. The normalized spacial score (nSPS) is 15.5. The molecule has 4 aliphatic carbocycles. The van der Waals surface area contributed by atoms with Gasteiger partial charge in [0.1, 0.15) is 0 Å². The van der Waals surface area contributed by atoms with E-state index in [1.165, 1.54) is 261 Å². The molecule has 4 saturated carbocycles. The van der Waals surface area contributed by atoms with Crippen LogP contribution in [0.15, 0.2) is 241 Å². The Kier molecular flexibility index (Phi) is 16.9. The maximum atomic E-state index is 2.51. The summed E-state index contributed by atoms with van der Waals surface area (Å²) in [4.78, 5) is 0. The molecular weight excluding hydrogens is 1080 g/mol. The van der Waals surface area contributed by atoms with E-state index in [0.29, 0.717) is 0 Å². The van der Waals surface area contributed by atoms with E-state index >= 15 is 0 Å². The minimum absolute atomic E-state index is 1.18. The first-order chi connectivity index (χ1) is 44.6. The third-order valence-electron chi connectivity index (χ3n) is 20.3. The Balaban J connectivity index is 0.841. The first kappa shape index (κ1) is 57.3. The first-order valence-corrected chi connectivity index (χ1v) is 34.2. The van der Waals surface area contributed by atoms with Crippen LogP contribution in [0.5, 0.6) is 0 Å². The van der Waals surface area contributed by atoms with Crippen LogP contribution >= 0.6 is 0 Å². The molecule has 0 radical (unpaired) electrons. The smallest absolute Gasteiger partial charge is 0.00139 e. The standard InChI is InChI=1S/C90H82/c1-5-21-63(22-6-1)57-67-37-47-72(48-38-67)85(73-49-39-68(40-50-73)58-64-23-7-2-8-24-64)61-71-45-55-76(56-46-71)88-81-33-17-19-35-83(81)90(84-36-20-18-34-82(84)88)89-79-31-15-13-29-77(79)87(78-30-14-16-32-80(78)89)62-86(74-51-41-69(42-52-74)59-65-25-9-3-10-26-65)75-53-43-70(44-54-75)60-66-27-11-4-12-28-66/h13-20,29-62H,1-12,21-28H2. The average molecular weight is 1160 g/mol. The topological polar surface area (TPSA) is 0 Å². The summed E-state index contributed by atoms with van der Waals surface area (Å²) in [7, 11) is 0. The predicted molar refractivity (Wildman–Crippen MR) is 391 cm³/mol. The Labute approximate surface area is 534 Å². The highest BCUT2D eigenvalue weighted by molar-refractivity contribution is 6.29. The highest BCUT2D eigenvalue weighted by Crippen LogP contribution is 2.49. The van der Waals surface area contributed by atoms with Gasteiger partial charge in [0.15, 0.2) is 0 Å². The fourth-order valence-corrected chi connectivity index (χ4v) is 15.6. The van der Waals surface area contributed by atoms with Gasteiger partial charge in [0.05, 0.1) is 0 Å². The molecule has 0 heteroatoms. The Hall–Kier alpha value is -9.10. The molecule has 0 heterocycles. The van der Waals surface area contributed by atoms with Crippen molar-refractivity contribution in [3.8, 4) is 22.3 Å². The fraction of sp³-hybridized carbons (Fsp3) is 0.222. The lowest BCUT2D eigenvalue weighted by molar-refractivity contribution is 0.602. The number of fused-ring (bicyclic) bond motifs is 4. The third kappa shape index (κ3) is 12.3. The zero-order valence-electron chi connectivity index (χ0n) is 52.4. The number of hydrogen-bond donors (Lipinski definition) is 0. The zero-order valence-corrected chi connectivity index (χ0v) is 52.4. The second-order valence-corrected chi connectivity index (χ2v) is 26.4. The molecule has 11 aromatic rings. The summed E-state index contributed by atoms with van der Waals surface area (Å²) in [5.41, 5.74) is 26.5. The largest absolute Gasteiger partial charge is 0.0696 e. The van der Waals surface area contributed by atoms with Crippen molar-refractivity contribution in [3.63, 3.8) is 0 Å². The maximum Gasteiger partial charge on any atom is -0.00139 e. The van der Waals surface area contributed by atoms with Gasteiger partial charge < -0.3 is 0 Å². The van der Waals surface area contributed by atoms with Crippen LogP contribution in [0.1, 0.15) is 184 Å². The molecule has 0 saturated heterocycles. The summed E-state index contributed by atoms with van der Waals surface area (Å²) in [5.74, 6) is 0. The van der Waals surface area contributed by atoms with Crippen LogP contribution in [0.4, 0.5) is 0 Å². The van der Waals surface area contributed by atoms with E-state index in [1.807, 2.05) is 0 Å². The van der Waals surface area contributed by atoms with Crippen LogP contribution < -0.4 is 0 Å². The van der Waals surface area contributed by atoms with Crippen molar-refractivity contribution in [2.45, 2.75) is 128 Å². The van der Waals surface area contributed by atoms with Crippen molar-refractivity contribution in [2.75, 3.05) is 0 Å². The van der Waals surface area contributed by atoms with Crippen LogP contribution in [0.2, 0.25) is 0 Å². The summed E-state index contributed by atoms with van der Waals surface area (Å²) < 4.78 is 0. The van der Waals surface area contributed by atoms with Gasteiger partial charge in [0, 0.05) is 0 Å². The quantitative estimate of drug-likeness (QED) is 0.0845. The van der Waals surface area contributed by atoms with Crippen LogP contribution in [-0.4, -0.2) is 0 Å². The van der Waals surface area contributed by atoms with Crippen LogP contribution in [-0.2, 0) is 0 Å². The molecule has 0 bridgehead atoms. The van der Waals surface area contributed by atoms with E-state index in [9.17, 15) is 0 Å². The highest BCUT2D eigenvalue weighted by Gasteiger charge is 2.23. The summed E-state index contributed by atoms with van der Waals surface area (Å²) in [5, 5.41) is 10.0. The lowest BCUT2D eigenvalue weighted by Gasteiger charge is -2.22. The lowest BCUT2D eigenvalue weighted by Crippen LogP contribution is -1.96. The van der Waals surface area contributed by atoms with E-state index in [4.69, 9.17) is 0 Å². The van der Waals surface area contributed by atoms with E-state index in [0.717, 1.165) is 0 Å². The van der Waals surface area contributed by atoms with Crippen molar-refractivity contribution in [2.24, 2.45) is 0 Å². The predicted octanol–water partition coefficient (Wildman–Crippen LogP) is 26.2. The molecule has 15 rings (SSSR count). The molecule has 0 nitrogen and oxygen atoms in total. The van der Waals surface area contributed by atoms with Gasteiger partial charge in [0.25, 0.3) is 0 Å². The molecular formula is C90H82. The minimum Gasteiger partial charge on any atom is -0.0696 e. The van der Waals surface area contributed by atoms with Crippen LogP contribution in [0.3, 0.4) is 0 Å². The third-order valence-corrected chi connectivity index (χ3v) is 20.3. The Morgan fingerprint density at radius 1 is 0.211 bits per heavy atom. The van der Waals surface area contributed by atoms with E-state index in [2.05, 4.69) is 255 Å². The lowest BCUT2D eigenvalue weighted by atomic mass is 9.81. The minimum atomic E-state index is 1.18. The van der Waals surface area contributed by atoms with Gasteiger partial charge in [-0.25, -0.2) is 0 Å². The van der Waals surface area contributed by atoms with Gasteiger partial charge in [-0.3, -0.25) is 0 Å². The fourth-order valence-electron chi connectivity index (χ4n) is 15.6. The van der Waals surface area contributed by atoms with Gasteiger partial charge in [-0.2, -0.15) is 0 Å². The number of allylic oxidation sites excluding steroid dienone is 4. The molecule has 0 N–H and O–H groups in total. The van der Waals surface area contributed by atoms with Gasteiger partial charge in [0.2, 0.25) is 0 Å². The van der Waals surface area contributed by atoms with Crippen molar-refractivity contribution < 1.29 is 0 Å². The van der Waals surface area contributed by atoms with E-state index in [1.54, 1.807) is 22.3 Å². The SMILES string of the molecule is C(=C1CCCCC1)c1ccc(C(=Cc2ccc(-c3c4ccccc4c(-c4c5ccccc5c(C=C(c5ccc(C=C6CCCCC6)cc5)c5ccc(C=C6CCCCC6)cc5)c5ccccc45)c4ccccc34)cc2)c2ccc(C=C3CCCCC3)cc2)cc1. The highest BCUT2D eigenvalue weighted by atomic mass is 14.3.